The Morgan fingerprint density at radius 3 is 3.00 bits per heavy atom. The zero-order valence-electron chi connectivity index (χ0n) is 6.85. The lowest BCUT2D eigenvalue weighted by molar-refractivity contribution is 0.728. The minimum atomic E-state index is 0.779. The number of piperidine rings is 1. The highest BCUT2D eigenvalue weighted by Crippen LogP contribution is 2.04. The van der Waals surface area contributed by atoms with Crippen LogP contribution in [0.3, 0.4) is 0 Å². The van der Waals surface area contributed by atoms with Crippen molar-refractivity contribution in [2.45, 2.75) is 13.3 Å². The van der Waals surface area contributed by atoms with Crippen LogP contribution in [0.15, 0.2) is 23.8 Å². The largest absolute Gasteiger partial charge is 0.312 e. The van der Waals surface area contributed by atoms with E-state index in [0.29, 0.717) is 0 Å². The summed E-state index contributed by atoms with van der Waals surface area (Å²) in [4.78, 5) is 0. The fraction of sp³-hybridized carbons (Fsp3) is 0.444. The van der Waals surface area contributed by atoms with Gasteiger partial charge in [0.05, 0.1) is 0 Å². The number of allylic oxidation sites excluding steroid dienone is 3. The lowest BCUT2D eigenvalue weighted by Gasteiger charge is -2.15. The molecule has 0 unspecified atom stereocenters. The van der Waals surface area contributed by atoms with E-state index in [0.717, 1.165) is 30.8 Å². The molecule has 0 bridgehead atoms. The van der Waals surface area contributed by atoms with Gasteiger partial charge < -0.3 is 10.7 Å². The van der Waals surface area contributed by atoms with Gasteiger partial charge in [0.15, 0.2) is 0 Å². The third-order valence-corrected chi connectivity index (χ3v) is 1.74. The quantitative estimate of drug-likeness (QED) is 0.584. The Kier molecular flexibility index (Phi) is 3.05. The summed E-state index contributed by atoms with van der Waals surface area (Å²) in [6, 6.07) is 0. The first-order valence-electron chi connectivity index (χ1n) is 3.95. The molecule has 0 spiro atoms. The van der Waals surface area contributed by atoms with Crippen molar-refractivity contribution >= 4 is 5.71 Å². The molecule has 0 aromatic heterocycles. The number of hydrogen-bond acceptors (Lipinski definition) is 2. The van der Waals surface area contributed by atoms with E-state index in [1.807, 2.05) is 25.2 Å². The topological polar surface area (TPSA) is 35.9 Å². The minimum Gasteiger partial charge on any atom is -0.312 e. The summed E-state index contributed by atoms with van der Waals surface area (Å²) >= 11 is 0. The SMILES string of the molecule is C/C=C/C=C1/CNCCC1=N. The van der Waals surface area contributed by atoms with Crippen LogP contribution in [0.5, 0.6) is 0 Å². The number of nitrogens with one attached hydrogen (secondary N) is 2. The molecule has 1 aliphatic heterocycles. The van der Waals surface area contributed by atoms with Crippen LogP contribution in [0.1, 0.15) is 13.3 Å². The second-order valence-corrected chi connectivity index (χ2v) is 2.62. The van der Waals surface area contributed by atoms with E-state index in [4.69, 9.17) is 5.41 Å². The molecule has 1 fully saturated rings. The molecule has 1 heterocycles. The highest BCUT2D eigenvalue weighted by molar-refractivity contribution is 5.99. The lowest BCUT2D eigenvalue weighted by Crippen LogP contribution is -2.29. The molecule has 1 rings (SSSR count). The average Bonchev–Trinajstić information content (AvgIpc) is 2.03. The molecule has 0 aliphatic carbocycles. The molecule has 0 aromatic rings. The fourth-order valence-electron chi connectivity index (χ4n) is 1.08. The normalized spacial score (nSPS) is 23.4. The van der Waals surface area contributed by atoms with Gasteiger partial charge in [0.1, 0.15) is 0 Å². The summed E-state index contributed by atoms with van der Waals surface area (Å²) in [5.41, 5.74) is 1.90. The molecule has 2 heteroatoms. The Morgan fingerprint density at radius 2 is 2.36 bits per heavy atom. The number of hydrogen-bond donors (Lipinski definition) is 2. The van der Waals surface area contributed by atoms with E-state index in [2.05, 4.69) is 5.32 Å². The van der Waals surface area contributed by atoms with Crippen LogP contribution in [0, 0.1) is 5.41 Å². The maximum atomic E-state index is 7.58. The second-order valence-electron chi connectivity index (χ2n) is 2.62. The summed E-state index contributed by atoms with van der Waals surface area (Å²) in [6.45, 7) is 3.78. The van der Waals surface area contributed by atoms with Gasteiger partial charge >= 0.3 is 0 Å². The van der Waals surface area contributed by atoms with Crippen LogP contribution >= 0.6 is 0 Å². The van der Waals surface area contributed by atoms with Crippen LogP contribution in [0.2, 0.25) is 0 Å². The Labute approximate surface area is 67.5 Å². The lowest BCUT2D eigenvalue weighted by atomic mass is 10.0. The van der Waals surface area contributed by atoms with Crippen molar-refractivity contribution in [1.29, 1.82) is 5.41 Å². The Hall–Kier alpha value is -0.890. The molecular formula is C9H14N2. The smallest absolute Gasteiger partial charge is 0.0371 e. The van der Waals surface area contributed by atoms with E-state index < -0.39 is 0 Å². The molecule has 0 radical (unpaired) electrons. The van der Waals surface area contributed by atoms with Gasteiger partial charge in [-0.15, -0.1) is 0 Å². The molecular weight excluding hydrogens is 136 g/mol. The fourth-order valence-corrected chi connectivity index (χ4v) is 1.08. The molecule has 0 aromatic carbocycles. The van der Waals surface area contributed by atoms with Crippen molar-refractivity contribution in [3.8, 4) is 0 Å². The van der Waals surface area contributed by atoms with Crippen molar-refractivity contribution in [2.24, 2.45) is 0 Å². The van der Waals surface area contributed by atoms with Crippen LogP contribution < -0.4 is 5.32 Å². The van der Waals surface area contributed by atoms with Crippen LogP contribution in [-0.4, -0.2) is 18.8 Å². The van der Waals surface area contributed by atoms with Crippen molar-refractivity contribution in [2.75, 3.05) is 13.1 Å². The van der Waals surface area contributed by atoms with Crippen molar-refractivity contribution in [1.82, 2.24) is 5.32 Å². The van der Waals surface area contributed by atoms with Crippen LogP contribution in [0.25, 0.3) is 0 Å². The molecule has 1 saturated heterocycles. The molecule has 1 aliphatic rings. The van der Waals surface area contributed by atoms with Gasteiger partial charge in [0, 0.05) is 25.2 Å². The molecule has 60 valence electrons. The highest BCUT2D eigenvalue weighted by atomic mass is 14.9. The monoisotopic (exact) mass is 150 g/mol. The van der Waals surface area contributed by atoms with Gasteiger partial charge in [0.2, 0.25) is 0 Å². The van der Waals surface area contributed by atoms with Gasteiger partial charge in [-0.05, 0) is 12.5 Å². The Morgan fingerprint density at radius 1 is 1.55 bits per heavy atom. The maximum absolute atomic E-state index is 7.58. The van der Waals surface area contributed by atoms with Crippen molar-refractivity contribution < 1.29 is 0 Å². The molecule has 0 atom stereocenters. The first-order chi connectivity index (χ1) is 5.34. The summed E-state index contributed by atoms with van der Waals surface area (Å²) in [5.74, 6) is 0. The molecule has 0 amide bonds. The second kappa shape index (κ2) is 4.09. The van der Waals surface area contributed by atoms with E-state index in [1.165, 1.54) is 0 Å². The zero-order chi connectivity index (χ0) is 8.10. The molecule has 11 heavy (non-hydrogen) atoms. The predicted octanol–water partition coefficient (Wildman–Crippen LogP) is 1.50. The van der Waals surface area contributed by atoms with E-state index in [1.54, 1.807) is 0 Å². The molecule has 2 N–H and O–H groups in total. The summed E-state index contributed by atoms with van der Waals surface area (Å²) in [5, 5.41) is 10.8. The zero-order valence-corrected chi connectivity index (χ0v) is 6.85. The van der Waals surface area contributed by atoms with E-state index in [-0.39, 0.29) is 0 Å². The first-order valence-corrected chi connectivity index (χ1v) is 3.95. The van der Waals surface area contributed by atoms with Gasteiger partial charge in [0.25, 0.3) is 0 Å². The summed E-state index contributed by atoms with van der Waals surface area (Å²) < 4.78 is 0. The first kappa shape index (κ1) is 8.21. The minimum absolute atomic E-state index is 0.779. The van der Waals surface area contributed by atoms with Crippen molar-refractivity contribution in [3.05, 3.63) is 23.8 Å². The van der Waals surface area contributed by atoms with E-state index in [9.17, 15) is 0 Å². The Balaban J connectivity index is 2.61. The van der Waals surface area contributed by atoms with Gasteiger partial charge in [-0.2, -0.15) is 0 Å². The summed E-state index contributed by atoms with van der Waals surface area (Å²) in [7, 11) is 0. The van der Waals surface area contributed by atoms with Crippen LogP contribution in [0.4, 0.5) is 0 Å². The maximum Gasteiger partial charge on any atom is 0.0371 e. The standard InChI is InChI=1S/C9H14N2/c1-2-3-4-8-7-11-6-5-9(8)10/h2-4,10-11H,5-7H2,1H3/b3-2+,8-4-,10-9?. The van der Waals surface area contributed by atoms with Gasteiger partial charge in [-0.25, -0.2) is 0 Å². The van der Waals surface area contributed by atoms with Gasteiger partial charge in [-0.1, -0.05) is 18.2 Å². The van der Waals surface area contributed by atoms with E-state index >= 15 is 0 Å². The third-order valence-electron chi connectivity index (χ3n) is 1.74. The Bertz CT molecular complexity index is 202. The van der Waals surface area contributed by atoms with Crippen molar-refractivity contribution in [3.63, 3.8) is 0 Å². The predicted molar refractivity (Wildman–Crippen MR) is 48.1 cm³/mol. The number of rotatable bonds is 1. The molecule has 0 saturated carbocycles. The highest BCUT2D eigenvalue weighted by Gasteiger charge is 2.08. The summed E-state index contributed by atoms with van der Waals surface area (Å²) in [6.07, 6.45) is 6.84. The third kappa shape index (κ3) is 2.31. The van der Waals surface area contributed by atoms with Gasteiger partial charge in [-0.3, -0.25) is 0 Å². The average molecular weight is 150 g/mol. The van der Waals surface area contributed by atoms with Crippen LogP contribution in [-0.2, 0) is 0 Å². The molecule has 2 nitrogen and oxygen atoms in total.